The number of imidazole rings is 1. The van der Waals surface area contributed by atoms with Crippen molar-refractivity contribution in [2.45, 2.75) is 44.8 Å². The Bertz CT molecular complexity index is 379. The minimum atomic E-state index is -0.190. The van der Waals surface area contributed by atoms with Crippen LogP contribution in [0.15, 0.2) is 9.82 Å². The first-order valence-electron chi connectivity index (χ1n) is 4.73. The molecular formula is C9H16N2O2S. The molecule has 0 saturated heterocycles. The Balaban J connectivity index is 3.34. The molecule has 0 bridgehead atoms. The SMILES string of the molecule is CCCn1c(O)c(S)n(C(C)C)c1=O. The van der Waals surface area contributed by atoms with E-state index in [0.717, 1.165) is 6.42 Å². The van der Waals surface area contributed by atoms with Gasteiger partial charge in [-0.25, -0.2) is 4.79 Å². The van der Waals surface area contributed by atoms with Crippen molar-refractivity contribution in [2.75, 3.05) is 0 Å². The Morgan fingerprint density at radius 2 is 2.07 bits per heavy atom. The zero-order valence-electron chi connectivity index (χ0n) is 8.69. The molecule has 1 N–H and O–H groups in total. The van der Waals surface area contributed by atoms with E-state index in [-0.39, 0.29) is 17.6 Å². The molecular weight excluding hydrogens is 200 g/mol. The van der Waals surface area contributed by atoms with Crippen molar-refractivity contribution in [3.05, 3.63) is 10.5 Å². The van der Waals surface area contributed by atoms with E-state index in [2.05, 4.69) is 12.6 Å². The minimum absolute atomic E-state index is 0.0130. The molecule has 5 heteroatoms. The number of rotatable bonds is 3. The summed E-state index contributed by atoms with van der Waals surface area (Å²) >= 11 is 4.13. The van der Waals surface area contributed by atoms with Gasteiger partial charge in [0.2, 0.25) is 5.88 Å². The minimum Gasteiger partial charge on any atom is -0.492 e. The van der Waals surface area contributed by atoms with Crippen LogP contribution in [0.1, 0.15) is 33.2 Å². The van der Waals surface area contributed by atoms with Gasteiger partial charge < -0.3 is 5.11 Å². The summed E-state index contributed by atoms with van der Waals surface area (Å²) in [4.78, 5) is 11.8. The maximum atomic E-state index is 11.8. The molecule has 0 spiro atoms. The molecule has 0 atom stereocenters. The standard InChI is InChI=1S/C9H16N2O2S/c1-4-5-10-7(12)8(14)11(6(2)3)9(10)13/h6,12,14H,4-5H2,1-3H3. The first-order valence-corrected chi connectivity index (χ1v) is 5.18. The van der Waals surface area contributed by atoms with Crippen LogP contribution in [0.25, 0.3) is 0 Å². The fourth-order valence-corrected chi connectivity index (χ4v) is 1.87. The van der Waals surface area contributed by atoms with Gasteiger partial charge in [0.05, 0.1) is 0 Å². The lowest BCUT2D eigenvalue weighted by Crippen LogP contribution is -2.25. The van der Waals surface area contributed by atoms with Crippen LogP contribution in [0.4, 0.5) is 0 Å². The third-order valence-corrected chi connectivity index (χ3v) is 2.50. The molecule has 0 saturated carbocycles. The van der Waals surface area contributed by atoms with Crippen LogP contribution in [-0.2, 0) is 6.54 Å². The fraction of sp³-hybridized carbons (Fsp3) is 0.667. The van der Waals surface area contributed by atoms with Gasteiger partial charge in [0, 0.05) is 12.6 Å². The second kappa shape index (κ2) is 4.13. The van der Waals surface area contributed by atoms with Crippen molar-refractivity contribution in [3.8, 4) is 5.88 Å². The Morgan fingerprint density at radius 1 is 1.50 bits per heavy atom. The first kappa shape index (κ1) is 11.2. The molecule has 0 radical (unpaired) electrons. The summed E-state index contributed by atoms with van der Waals surface area (Å²) in [6.45, 7) is 6.25. The van der Waals surface area contributed by atoms with E-state index in [1.807, 2.05) is 20.8 Å². The molecule has 80 valence electrons. The van der Waals surface area contributed by atoms with Crippen molar-refractivity contribution in [1.82, 2.24) is 9.13 Å². The van der Waals surface area contributed by atoms with Crippen molar-refractivity contribution in [2.24, 2.45) is 0 Å². The van der Waals surface area contributed by atoms with Crippen molar-refractivity contribution in [3.63, 3.8) is 0 Å². The highest BCUT2D eigenvalue weighted by Gasteiger charge is 2.17. The van der Waals surface area contributed by atoms with Crippen LogP contribution in [0.2, 0.25) is 0 Å². The fourth-order valence-electron chi connectivity index (χ4n) is 1.43. The van der Waals surface area contributed by atoms with E-state index >= 15 is 0 Å². The number of aromatic hydroxyl groups is 1. The molecule has 0 aromatic carbocycles. The zero-order chi connectivity index (χ0) is 10.9. The smallest absolute Gasteiger partial charge is 0.332 e. The summed E-state index contributed by atoms with van der Waals surface area (Å²) < 4.78 is 2.83. The van der Waals surface area contributed by atoms with Crippen LogP contribution in [0.5, 0.6) is 5.88 Å². The van der Waals surface area contributed by atoms with Crippen LogP contribution in [0, 0.1) is 0 Å². The topological polar surface area (TPSA) is 47.2 Å². The van der Waals surface area contributed by atoms with Crippen molar-refractivity contribution >= 4 is 12.6 Å². The molecule has 1 rings (SSSR count). The average molecular weight is 216 g/mol. The van der Waals surface area contributed by atoms with Gasteiger partial charge in [-0.05, 0) is 20.3 Å². The Hall–Kier alpha value is -0.840. The molecule has 14 heavy (non-hydrogen) atoms. The van der Waals surface area contributed by atoms with Gasteiger partial charge in [-0.1, -0.05) is 6.92 Å². The lowest BCUT2D eigenvalue weighted by molar-refractivity contribution is 0.400. The van der Waals surface area contributed by atoms with Crippen molar-refractivity contribution in [1.29, 1.82) is 0 Å². The molecule has 0 amide bonds. The molecule has 1 aromatic heterocycles. The highest BCUT2D eigenvalue weighted by atomic mass is 32.1. The van der Waals surface area contributed by atoms with Crippen LogP contribution in [0.3, 0.4) is 0 Å². The molecule has 1 aromatic rings. The van der Waals surface area contributed by atoms with Gasteiger partial charge in [0.25, 0.3) is 0 Å². The number of hydrogen-bond acceptors (Lipinski definition) is 3. The first-order chi connectivity index (χ1) is 6.50. The maximum absolute atomic E-state index is 11.8. The zero-order valence-corrected chi connectivity index (χ0v) is 9.58. The normalized spacial score (nSPS) is 11.2. The number of hydrogen-bond donors (Lipinski definition) is 2. The lowest BCUT2D eigenvalue weighted by atomic mass is 10.4. The van der Waals surface area contributed by atoms with Gasteiger partial charge in [0.15, 0.2) is 0 Å². The van der Waals surface area contributed by atoms with Gasteiger partial charge in [-0.2, -0.15) is 0 Å². The Kier molecular flexibility index (Phi) is 3.31. The van der Waals surface area contributed by atoms with E-state index in [1.54, 1.807) is 0 Å². The Morgan fingerprint density at radius 3 is 2.43 bits per heavy atom. The highest BCUT2D eigenvalue weighted by molar-refractivity contribution is 7.80. The van der Waals surface area contributed by atoms with E-state index < -0.39 is 0 Å². The monoisotopic (exact) mass is 216 g/mol. The van der Waals surface area contributed by atoms with Gasteiger partial charge >= 0.3 is 5.69 Å². The summed E-state index contributed by atoms with van der Waals surface area (Å²) in [5.41, 5.74) is -0.190. The molecule has 0 unspecified atom stereocenters. The summed E-state index contributed by atoms with van der Waals surface area (Å²) in [6.07, 6.45) is 0.808. The van der Waals surface area contributed by atoms with E-state index in [1.165, 1.54) is 9.13 Å². The third-order valence-electron chi connectivity index (χ3n) is 2.08. The van der Waals surface area contributed by atoms with E-state index in [4.69, 9.17) is 0 Å². The second-order valence-electron chi connectivity index (χ2n) is 3.55. The molecule has 0 aliphatic carbocycles. The highest BCUT2D eigenvalue weighted by Crippen LogP contribution is 2.22. The van der Waals surface area contributed by atoms with Crippen LogP contribution in [-0.4, -0.2) is 14.2 Å². The maximum Gasteiger partial charge on any atom is 0.332 e. The predicted molar refractivity (Wildman–Crippen MR) is 58.3 cm³/mol. The average Bonchev–Trinajstić information content (AvgIpc) is 2.30. The lowest BCUT2D eigenvalue weighted by Gasteiger charge is -2.05. The number of nitrogens with zero attached hydrogens (tertiary/aromatic N) is 2. The molecule has 1 heterocycles. The summed E-state index contributed by atoms with van der Waals surface area (Å²) in [6, 6.07) is 0.0130. The number of thiol groups is 1. The van der Waals surface area contributed by atoms with Gasteiger partial charge in [-0.15, -0.1) is 12.6 Å². The van der Waals surface area contributed by atoms with Gasteiger partial charge in [0.1, 0.15) is 5.03 Å². The summed E-state index contributed by atoms with van der Waals surface area (Å²) in [5.74, 6) is -0.0334. The summed E-state index contributed by atoms with van der Waals surface area (Å²) in [5, 5.41) is 9.99. The van der Waals surface area contributed by atoms with Crippen molar-refractivity contribution < 1.29 is 5.11 Å². The quantitative estimate of drug-likeness (QED) is 0.754. The van der Waals surface area contributed by atoms with E-state index in [9.17, 15) is 9.90 Å². The molecule has 4 nitrogen and oxygen atoms in total. The van der Waals surface area contributed by atoms with Crippen LogP contribution >= 0.6 is 12.6 Å². The molecule has 0 fully saturated rings. The van der Waals surface area contributed by atoms with Crippen LogP contribution < -0.4 is 5.69 Å². The summed E-state index contributed by atoms with van der Waals surface area (Å²) in [7, 11) is 0. The second-order valence-corrected chi connectivity index (χ2v) is 3.97. The Labute approximate surface area is 88.6 Å². The van der Waals surface area contributed by atoms with E-state index in [0.29, 0.717) is 11.6 Å². The number of aromatic nitrogens is 2. The largest absolute Gasteiger partial charge is 0.492 e. The third kappa shape index (κ3) is 1.68. The molecule has 0 aliphatic heterocycles. The predicted octanol–water partition coefficient (Wildman–Crippen LogP) is 1.63. The molecule has 0 aliphatic rings. The van der Waals surface area contributed by atoms with Gasteiger partial charge in [-0.3, -0.25) is 9.13 Å².